The van der Waals surface area contributed by atoms with Crippen molar-refractivity contribution in [3.05, 3.63) is 10.8 Å². The van der Waals surface area contributed by atoms with Crippen LogP contribution in [-0.2, 0) is 4.79 Å². The summed E-state index contributed by atoms with van der Waals surface area (Å²) in [4.78, 5) is 22.7. The highest BCUT2D eigenvalue weighted by molar-refractivity contribution is 9.10. The zero-order valence-corrected chi connectivity index (χ0v) is 11.0. The van der Waals surface area contributed by atoms with E-state index >= 15 is 0 Å². The van der Waals surface area contributed by atoms with E-state index in [2.05, 4.69) is 25.9 Å². The number of likely N-dealkylation sites (N-methyl/N-ethyl adjacent to an activating group) is 2. The number of nitrogen functional groups attached to an aromatic ring is 1. The van der Waals surface area contributed by atoms with Crippen LogP contribution >= 0.6 is 15.9 Å². The molecule has 0 aliphatic carbocycles. The summed E-state index contributed by atoms with van der Waals surface area (Å²) in [6, 6.07) is 0. The van der Waals surface area contributed by atoms with E-state index in [9.17, 15) is 4.79 Å². The van der Waals surface area contributed by atoms with Crippen LogP contribution in [0, 0.1) is 0 Å². The highest BCUT2D eigenvalue weighted by atomic mass is 79.9. The van der Waals surface area contributed by atoms with E-state index < -0.39 is 0 Å². The molecule has 0 aliphatic rings. The first kappa shape index (κ1) is 12.7. The molecule has 16 heavy (non-hydrogen) atoms. The first-order valence-electron chi connectivity index (χ1n) is 4.60. The molecule has 1 heterocycles. The minimum atomic E-state index is -0.00779. The smallest absolute Gasteiger partial charge is 0.241 e. The van der Waals surface area contributed by atoms with Crippen LogP contribution in [-0.4, -0.2) is 48.5 Å². The Morgan fingerprint density at radius 1 is 1.44 bits per heavy atom. The third-order valence-electron chi connectivity index (χ3n) is 2.03. The van der Waals surface area contributed by atoms with Gasteiger partial charge in [-0.15, -0.1) is 0 Å². The molecule has 0 aliphatic heterocycles. The number of nitrogens with zero attached hydrogens (tertiary/aromatic N) is 4. The molecule has 1 aromatic rings. The SMILES string of the molecule is CN(C)C(=O)CN(C)c1ncnc(N)c1Br. The molecule has 0 spiro atoms. The summed E-state index contributed by atoms with van der Waals surface area (Å²) in [6.07, 6.45) is 1.37. The minimum absolute atomic E-state index is 0.00779. The van der Waals surface area contributed by atoms with Gasteiger partial charge in [-0.3, -0.25) is 4.79 Å². The number of hydrogen-bond acceptors (Lipinski definition) is 5. The normalized spacial score (nSPS) is 10.0. The fourth-order valence-electron chi connectivity index (χ4n) is 1.06. The van der Waals surface area contributed by atoms with Gasteiger partial charge in [-0.2, -0.15) is 0 Å². The average molecular weight is 288 g/mol. The van der Waals surface area contributed by atoms with Gasteiger partial charge in [0.2, 0.25) is 5.91 Å². The molecule has 0 saturated heterocycles. The van der Waals surface area contributed by atoms with Crippen LogP contribution in [0.5, 0.6) is 0 Å². The van der Waals surface area contributed by atoms with Crippen LogP contribution in [0.2, 0.25) is 0 Å². The predicted molar refractivity (Wildman–Crippen MR) is 66.1 cm³/mol. The van der Waals surface area contributed by atoms with Gasteiger partial charge in [-0.1, -0.05) is 0 Å². The van der Waals surface area contributed by atoms with Crippen molar-refractivity contribution in [3.63, 3.8) is 0 Å². The van der Waals surface area contributed by atoms with Gasteiger partial charge >= 0.3 is 0 Å². The van der Waals surface area contributed by atoms with E-state index in [4.69, 9.17) is 5.73 Å². The van der Waals surface area contributed by atoms with Gasteiger partial charge in [0, 0.05) is 21.1 Å². The number of nitrogens with two attached hydrogens (primary N) is 1. The van der Waals surface area contributed by atoms with Crippen molar-refractivity contribution in [1.82, 2.24) is 14.9 Å². The molecule has 1 rings (SSSR count). The number of halogens is 1. The summed E-state index contributed by atoms with van der Waals surface area (Å²) in [7, 11) is 5.19. The van der Waals surface area contributed by atoms with E-state index in [0.717, 1.165) is 0 Å². The summed E-state index contributed by atoms with van der Waals surface area (Å²) < 4.78 is 0.601. The monoisotopic (exact) mass is 287 g/mol. The van der Waals surface area contributed by atoms with Crippen molar-refractivity contribution in [2.75, 3.05) is 38.3 Å². The standard InChI is InChI=1S/C9H14BrN5O/c1-14(2)6(16)4-15(3)9-7(10)8(11)12-5-13-9/h5H,4H2,1-3H3,(H2,11,12,13). The van der Waals surface area contributed by atoms with Crippen molar-refractivity contribution >= 4 is 33.5 Å². The molecule has 0 atom stereocenters. The maximum absolute atomic E-state index is 11.5. The lowest BCUT2D eigenvalue weighted by molar-refractivity contribution is -0.127. The zero-order chi connectivity index (χ0) is 12.3. The van der Waals surface area contributed by atoms with E-state index in [1.165, 1.54) is 11.2 Å². The van der Waals surface area contributed by atoms with Crippen LogP contribution in [0.3, 0.4) is 0 Å². The van der Waals surface area contributed by atoms with Gasteiger partial charge in [-0.25, -0.2) is 9.97 Å². The van der Waals surface area contributed by atoms with Crippen molar-refractivity contribution in [2.45, 2.75) is 0 Å². The Morgan fingerprint density at radius 2 is 2.06 bits per heavy atom. The number of hydrogen-bond donors (Lipinski definition) is 1. The number of amides is 1. The molecule has 0 radical (unpaired) electrons. The summed E-state index contributed by atoms with van der Waals surface area (Å²) in [5.74, 6) is 0.948. The van der Waals surface area contributed by atoms with E-state index in [-0.39, 0.29) is 12.5 Å². The molecule has 1 aromatic heterocycles. The van der Waals surface area contributed by atoms with E-state index in [1.54, 1.807) is 26.0 Å². The van der Waals surface area contributed by atoms with Gasteiger partial charge in [0.1, 0.15) is 22.4 Å². The maximum atomic E-state index is 11.5. The largest absolute Gasteiger partial charge is 0.383 e. The number of anilines is 2. The van der Waals surface area contributed by atoms with Crippen LogP contribution < -0.4 is 10.6 Å². The van der Waals surface area contributed by atoms with Crippen molar-refractivity contribution in [1.29, 1.82) is 0 Å². The Bertz CT molecular complexity index is 395. The lowest BCUT2D eigenvalue weighted by Gasteiger charge is -2.21. The van der Waals surface area contributed by atoms with Gasteiger partial charge < -0.3 is 15.5 Å². The van der Waals surface area contributed by atoms with Gasteiger partial charge in [0.25, 0.3) is 0 Å². The molecule has 88 valence electrons. The van der Waals surface area contributed by atoms with Crippen molar-refractivity contribution in [3.8, 4) is 0 Å². The summed E-state index contributed by atoms with van der Waals surface area (Å²) >= 11 is 3.29. The molecule has 6 nitrogen and oxygen atoms in total. The van der Waals surface area contributed by atoms with E-state index in [1.807, 2.05) is 0 Å². The fraction of sp³-hybridized carbons (Fsp3) is 0.444. The molecule has 7 heteroatoms. The highest BCUT2D eigenvalue weighted by Crippen LogP contribution is 2.26. The maximum Gasteiger partial charge on any atom is 0.241 e. The van der Waals surface area contributed by atoms with Gasteiger partial charge in [0.05, 0.1) is 6.54 Å². The number of carbonyl (C=O) groups is 1. The molecule has 1 amide bonds. The van der Waals surface area contributed by atoms with Gasteiger partial charge in [-0.05, 0) is 15.9 Å². The molecule has 0 saturated carbocycles. The summed E-state index contributed by atoms with van der Waals surface area (Å²) in [6.45, 7) is 0.238. The molecule has 0 fully saturated rings. The third-order valence-corrected chi connectivity index (χ3v) is 2.79. The lowest BCUT2D eigenvalue weighted by atomic mass is 10.4. The first-order valence-corrected chi connectivity index (χ1v) is 5.40. The lowest BCUT2D eigenvalue weighted by Crippen LogP contribution is -2.35. The minimum Gasteiger partial charge on any atom is -0.383 e. The molecule has 0 aromatic carbocycles. The summed E-state index contributed by atoms with van der Waals surface area (Å²) in [5.41, 5.74) is 5.63. The topological polar surface area (TPSA) is 75.4 Å². The fourth-order valence-corrected chi connectivity index (χ4v) is 1.57. The molecular formula is C9H14BrN5O. The molecular weight excluding hydrogens is 274 g/mol. The Morgan fingerprint density at radius 3 is 2.62 bits per heavy atom. The zero-order valence-electron chi connectivity index (χ0n) is 9.44. The second-order valence-corrected chi connectivity index (χ2v) is 4.33. The van der Waals surface area contributed by atoms with Crippen LogP contribution in [0.25, 0.3) is 0 Å². The van der Waals surface area contributed by atoms with Crippen LogP contribution in [0.1, 0.15) is 0 Å². The quantitative estimate of drug-likeness (QED) is 0.868. The second kappa shape index (κ2) is 5.11. The Kier molecular flexibility index (Phi) is 4.05. The predicted octanol–water partition coefficient (Wildman–Crippen LogP) is 0.346. The van der Waals surface area contributed by atoms with E-state index in [0.29, 0.717) is 16.1 Å². The number of carbonyl (C=O) groups excluding carboxylic acids is 1. The average Bonchev–Trinajstić information content (AvgIpc) is 2.21. The second-order valence-electron chi connectivity index (χ2n) is 3.54. The highest BCUT2D eigenvalue weighted by Gasteiger charge is 2.14. The number of aromatic nitrogens is 2. The Hall–Kier alpha value is -1.37. The van der Waals surface area contributed by atoms with Crippen LogP contribution in [0.15, 0.2) is 10.8 Å². The Labute approximate surface area is 103 Å². The molecule has 2 N–H and O–H groups in total. The number of rotatable bonds is 3. The molecule has 0 unspecified atom stereocenters. The Balaban J connectivity index is 2.85. The van der Waals surface area contributed by atoms with Crippen molar-refractivity contribution in [2.24, 2.45) is 0 Å². The first-order chi connectivity index (χ1) is 7.43. The van der Waals surface area contributed by atoms with Crippen molar-refractivity contribution < 1.29 is 4.79 Å². The third kappa shape index (κ3) is 2.82. The van der Waals surface area contributed by atoms with Crippen LogP contribution in [0.4, 0.5) is 11.6 Å². The summed E-state index contributed by atoms with van der Waals surface area (Å²) in [5, 5.41) is 0. The van der Waals surface area contributed by atoms with Gasteiger partial charge in [0.15, 0.2) is 0 Å². The molecule has 0 bridgehead atoms.